The van der Waals surface area contributed by atoms with E-state index in [1.54, 1.807) is 0 Å². The van der Waals surface area contributed by atoms with Gasteiger partial charge in [-0.15, -0.1) is 0 Å². The van der Waals surface area contributed by atoms with Crippen molar-refractivity contribution in [3.8, 4) is 0 Å². The standard InChI is InChI=1S/C16H22N2O2/c1-3-4-10-17-16(20)12(2)18-11-9-15(19)13-7-5-6-8-14(13)18/h5-8,12H,3-4,9-11H2,1-2H3,(H,17,20). The van der Waals surface area contributed by atoms with Crippen LogP contribution in [0.3, 0.4) is 0 Å². The maximum Gasteiger partial charge on any atom is 0.242 e. The fourth-order valence-corrected chi connectivity index (χ4v) is 2.52. The Bertz CT molecular complexity index is 499. The summed E-state index contributed by atoms with van der Waals surface area (Å²) >= 11 is 0. The molecule has 0 saturated carbocycles. The molecule has 1 aromatic carbocycles. The van der Waals surface area contributed by atoms with Crippen LogP contribution in [-0.2, 0) is 4.79 Å². The van der Waals surface area contributed by atoms with E-state index in [1.807, 2.05) is 36.1 Å². The zero-order valence-corrected chi connectivity index (χ0v) is 12.2. The predicted molar refractivity (Wildman–Crippen MR) is 80.1 cm³/mol. The third-order valence-electron chi connectivity index (χ3n) is 3.77. The Hall–Kier alpha value is -1.84. The van der Waals surface area contributed by atoms with Crippen molar-refractivity contribution in [3.63, 3.8) is 0 Å². The molecule has 0 fully saturated rings. The monoisotopic (exact) mass is 274 g/mol. The van der Waals surface area contributed by atoms with Crippen LogP contribution in [0.4, 0.5) is 5.69 Å². The Morgan fingerprint density at radius 2 is 2.15 bits per heavy atom. The second kappa shape index (κ2) is 6.55. The average Bonchev–Trinajstić information content (AvgIpc) is 2.47. The van der Waals surface area contributed by atoms with Crippen LogP contribution in [0.5, 0.6) is 0 Å². The lowest BCUT2D eigenvalue weighted by Gasteiger charge is -2.34. The highest BCUT2D eigenvalue weighted by atomic mass is 16.2. The van der Waals surface area contributed by atoms with Gasteiger partial charge in [-0.05, 0) is 25.5 Å². The minimum Gasteiger partial charge on any atom is -0.359 e. The second-order valence-electron chi connectivity index (χ2n) is 5.20. The normalized spacial score (nSPS) is 15.7. The summed E-state index contributed by atoms with van der Waals surface area (Å²) in [7, 11) is 0. The highest BCUT2D eigenvalue weighted by Gasteiger charge is 2.28. The lowest BCUT2D eigenvalue weighted by Crippen LogP contribution is -2.48. The van der Waals surface area contributed by atoms with Gasteiger partial charge in [0.15, 0.2) is 5.78 Å². The van der Waals surface area contributed by atoms with Crippen molar-refractivity contribution in [3.05, 3.63) is 29.8 Å². The summed E-state index contributed by atoms with van der Waals surface area (Å²) in [6.45, 7) is 5.32. The van der Waals surface area contributed by atoms with Gasteiger partial charge in [0.05, 0.1) is 0 Å². The number of Topliss-reactive ketones (excluding diaryl/α,β-unsaturated/α-hetero) is 1. The number of benzene rings is 1. The number of nitrogens with zero attached hydrogens (tertiary/aromatic N) is 1. The predicted octanol–water partition coefficient (Wildman–Crippen LogP) is 2.38. The van der Waals surface area contributed by atoms with Gasteiger partial charge in [0.1, 0.15) is 6.04 Å². The number of rotatable bonds is 5. The smallest absolute Gasteiger partial charge is 0.242 e. The van der Waals surface area contributed by atoms with Crippen molar-refractivity contribution in [2.75, 3.05) is 18.0 Å². The van der Waals surface area contributed by atoms with Gasteiger partial charge in [0.2, 0.25) is 5.91 Å². The van der Waals surface area contributed by atoms with Crippen molar-refractivity contribution in [1.29, 1.82) is 0 Å². The molecular formula is C16H22N2O2. The molecule has 1 heterocycles. The van der Waals surface area contributed by atoms with Crippen LogP contribution in [-0.4, -0.2) is 30.8 Å². The summed E-state index contributed by atoms with van der Waals surface area (Å²) in [5.74, 6) is 0.193. The number of fused-ring (bicyclic) bond motifs is 1. The van der Waals surface area contributed by atoms with Gasteiger partial charge in [0.25, 0.3) is 0 Å². The Labute approximate surface area is 120 Å². The lowest BCUT2D eigenvalue weighted by atomic mass is 9.99. The largest absolute Gasteiger partial charge is 0.359 e. The van der Waals surface area contributed by atoms with Crippen LogP contribution in [0, 0.1) is 0 Å². The second-order valence-corrected chi connectivity index (χ2v) is 5.20. The number of nitrogens with one attached hydrogen (secondary N) is 1. The highest BCUT2D eigenvalue weighted by molar-refractivity contribution is 6.04. The van der Waals surface area contributed by atoms with E-state index in [4.69, 9.17) is 0 Å². The molecule has 4 nitrogen and oxygen atoms in total. The molecule has 0 radical (unpaired) electrons. The summed E-state index contributed by atoms with van der Waals surface area (Å²) in [5, 5.41) is 2.96. The zero-order chi connectivity index (χ0) is 14.5. The van der Waals surface area contributed by atoms with E-state index in [9.17, 15) is 9.59 Å². The first kappa shape index (κ1) is 14.6. The van der Waals surface area contributed by atoms with Gasteiger partial charge in [-0.1, -0.05) is 25.5 Å². The van der Waals surface area contributed by atoms with Crippen LogP contribution < -0.4 is 10.2 Å². The topological polar surface area (TPSA) is 49.4 Å². The maximum absolute atomic E-state index is 12.2. The number of para-hydroxylation sites is 1. The van der Waals surface area contributed by atoms with Gasteiger partial charge >= 0.3 is 0 Å². The van der Waals surface area contributed by atoms with E-state index in [2.05, 4.69) is 12.2 Å². The van der Waals surface area contributed by atoms with Crippen molar-refractivity contribution in [2.24, 2.45) is 0 Å². The molecule has 1 aliphatic rings. The van der Waals surface area contributed by atoms with Crippen LogP contribution >= 0.6 is 0 Å². The molecule has 0 spiro atoms. The molecule has 108 valence electrons. The quantitative estimate of drug-likeness (QED) is 0.839. The fraction of sp³-hybridized carbons (Fsp3) is 0.500. The van der Waals surface area contributed by atoms with Crippen LogP contribution in [0.1, 0.15) is 43.5 Å². The van der Waals surface area contributed by atoms with Gasteiger partial charge in [0, 0.05) is 30.8 Å². The molecule has 4 heteroatoms. The summed E-state index contributed by atoms with van der Waals surface area (Å²) in [4.78, 5) is 26.1. The third-order valence-corrected chi connectivity index (χ3v) is 3.77. The van der Waals surface area contributed by atoms with Crippen LogP contribution in [0.25, 0.3) is 0 Å². The summed E-state index contributed by atoms with van der Waals surface area (Å²) in [6, 6.07) is 7.28. The molecule has 1 aromatic rings. The molecule has 1 N–H and O–H groups in total. The highest BCUT2D eigenvalue weighted by Crippen LogP contribution is 2.28. The zero-order valence-electron chi connectivity index (χ0n) is 12.2. The molecule has 0 bridgehead atoms. The average molecular weight is 274 g/mol. The number of carbonyl (C=O) groups excluding carboxylic acids is 2. The van der Waals surface area contributed by atoms with Crippen molar-refractivity contribution in [2.45, 2.75) is 39.2 Å². The third kappa shape index (κ3) is 3.00. The Morgan fingerprint density at radius 1 is 1.40 bits per heavy atom. The molecular weight excluding hydrogens is 252 g/mol. The molecule has 20 heavy (non-hydrogen) atoms. The first-order chi connectivity index (χ1) is 9.65. The van der Waals surface area contributed by atoms with Gasteiger partial charge in [-0.25, -0.2) is 0 Å². The number of amides is 1. The number of anilines is 1. The SMILES string of the molecule is CCCCNC(=O)C(C)N1CCC(=O)c2ccccc21. The van der Waals surface area contributed by atoms with Crippen LogP contribution in [0.2, 0.25) is 0 Å². The lowest BCUT2D eigenvalue weighted by molar-refractivity contribution is -0.122. The minimum absolute atomic E-state index is 0.0302. The first-order valence-electron chi connectivity index (χ1n) is 7.31. The number of unbranched alkanes of at least 4 members (excludes halogenated alkanes) is 1. The summed E-state index contributed by atoms with van der Waals surface area (Å²) in [6.07, 6.45) is 2.53. The van der Waals surface area contributed by atoms with Gasteiger partial charge in [-0.2, -0.15) is 0 Å². The summed E-state index contributed by atoms with van der Waals surface area (Å²) < 4.78 is 0. The Morgan fingerprint density at radius 3 is 2.90 bits per heavy atom. The Kier molecular flexibility index (Phi) is 4.77. The minimum atomic E-state index is -0.249. The molecule has 2 rings (SSSR count). The number of hydrogen-bond donors (Lipinski definition) is 1. The van der Waals surface area contributed by atoms with Crippen molar-refractivity contribution >= 4 is 17.4 Å². The number of ketones is 1. The molecule has 0 aromatic heterocycles. The molecule has 0 aliphatic carbocycles. The van der Waals surface area contributed by atoms with Crippen LogP contribution in [0.15, 0.2) is 24.3 Å². The number of carbonyl (C=O) groups is 2. The Balaban J connectivity index is 2.11. The van der Waals surface area contributed by atoms with E-state index >= 15 is 0 Å². The maximum atomic E-state index is 12.2. The van der Waals surface area contributed by atoms with E-state index in [-0.39, 0.29) is 17.7 Å². The first-order valence-corrected chi connectivity index (χ1v) is 7.31. The van der Waals surface area contributed by atoms with E-state index in [0.29, 0.717) is 19.5 Å². The molecule has 1 atom stereocenters. The summed E-state index contributed by atoms with van der Waals surface area (Å²) in [5.41, 5.74) is 1.61. The fourth-order valence-electron chi connectivity index (χ4n) is 2.52. The molecule has 1 amide bonds. The molecule has 1 aliphatic heterocycles. The number of hydrogen-bond acceptors (Lipinski definition) is 3. The van der Waals surface area contributed by atoms with Crippen molar-refractivity contribution in [1.82, 2.24) is 5.32 Å². The molecule has 1 unspecified atom stereocenters. The van der Waals surface area contributed by atoms with E-state index in [1.165, 1.54) is 0 Å². The van der Waals surface area contributed by atoms with E-state index in [0.717, 1.165) is 24.1 Å². The van der Waals surface area contributed by atoms with Gasteiger partial charge in [-0.3, -0.25) is 9.59 Å². The molecule has 0 saturated heterocycles. The van der Waals surface area contributed by atoms with Gasteiger partial charge < -0.3 is 10.2 Å². The van der Waals surface area contributed by atoms with E-state index < -0.39 is 0 Å². The van der Waals surface area contributed by atoms with Crippen molar-refractivity contribution < 1.29 is 9.59 Å².